The van der Waals surface area contributed by atoms with Crippen molar-refractivity contribution in [3.05, 3.63) is 54.1 Å². The lowest BCUT2D eigenvalue weighted by atomic mass is 9.93. The Morgan fingerprint density at radius 1 is 1.18 bits per heavy atom. The van der Waals surface area contributed by atoms with Crippen LogP contribution in [0.1, 0.15) is 25.8 Å². The summed E-state index contributed by atoms with van der Waals surface area (Å²) in [5.74, 6) is 0.615. The molecule has 0 saturated carbocycles. The van der Waals surface area contributed by atoms with E-state index in [-0.39, 0.29) is 11.9 Å². The maximum atomic E-state index is 12.6. The van der Waals surface area contributed by atoms with E-state index in [0.29, 0.717) is 30.3 Å². The first-order valence-electron chi connectivity index (χ1n) is 9.50. The number of nitrogens with one attached hydrogen (secondary N) is 2. The van der Waals surface area contributed by atoms with Gasteiger partial charge in [0.1, 0.15) is 12.4 Å². The van der Waals surface area contributed by atoms with E-state index < -0.39 is 5.41 Å². The van der Waals surface area contributed by atoms with Crippen molar-refractivity contribution in [2.45, 2.75) is 26.7 Å². The molecule has 6 nitrogen and oxygen atoms in total. The Labute approximate surface area is 165 Å². The Morgan fingerprint density at radius 3 is 2.68 bits per heavy atom. The number of carbonyl (C=O) groups excluding carboxylic acids is 2. The van der Waals surface area contributed by atoms with Crippen LogP contribution in [0.4, 0.5) is 16.2 Å². The van der Waals surface area contributed by atoms with Crippen LogP contribution in [-0.4, -0.2) is 32.1 Å². The van der Waals surface area contributed by atoms with E-state index in [4.69, 9.17) is 4.74 Å². The van der Waals surface area contributed by atoms with Gasteiger partial charge in [0.15, 0.2) is 0 Å². The van der Waals surface area contributed by atoms with Gasteiger partial charge < -0.3 is 20.3 Å². The molecule has 3 rings (SSSR count). The Bertz CT molecular complexity index is 849. The van der Waals surface area contributed by atoms with Crippen molar-refractivity contribution in [1.29, 1.82) is 0 Å². The number of hydrogen-bond acceptors (Lipinski definition) is 3. The number of aryl methyl sites for hydroxylation is 1. The van der Waals surface area contributed by atoms with Gasteiger partial charge in [0.25, 0.3) is 0 Å². The summed E-state index contributed by atoms with van der Waals surface area (Å²) >= 11 is 0. The molecule has 148 valence electrons. The lowest BCUT2D eigenvalue weighted by Crippen LogP contribution is -2.39. The molecule has 0 spiro atoms. The third kappa shape index (κ3) is 4.63. The number of anilines is 2. The van der Waals surface area contributed by atoms with Crippen molar-refractivity contribution in [3.63, 3.8) is 0 Å². The first-order valence-corrected chi connectivity index (χ1v) is 9.50. The van der Waals surface area contributed by atoms with E-state index in [1.54, 1.807) is 30.1 Å². The number of urea groups is 1. The lowest BCUT2D eigenvalue weighted by Gasteiger charge is -2.24. The lowest BCUT2D eigenvalue weighted by molar-refractivity contribution is -0.127. The number of fused-ring (bicyclic) bond motifs is 1. The minimum Gasteiger partial charge on any atom is -0.490 e. The van der Waals surface area contributed by atoms with Gasteiger partial charge in [-0.25, -0.2) is 4.79 Å². The average molecular weight is 381 g/mol. The molecule has 28 heavy (non-hydrogen) atoms. The number of nitrogens with zero attached hydrogens (tertiary/aromatic N) is 1. The Hall–Kier alpha value is -3.02. The van der Waals surface area contributed by atoms with Gasteiger partial charge in [0.05, 0.1) is 11.1 Å². The molecular weight excluding hydrogens is 354 g/mol. The maximum Gasteiger partial charge on any atom is 0.319 e. The highest BCUT2D eigenvalue weighted by atomic mass is 16.5. The molecule has 3 amide bonds. The third-order valence-corrected chi connectivity index (χ3v) is 4.82. The van der Waals surface area contributed by atoms with Crippen LogP contribution in [0.15, 0.2) is 48.5 Å². The third-order valence-electron chi connectivity index (χ3n) is 4.82. The van der Waals surface area contributed by atoms with Crippen LogP contribution >= 0.6 is 0 Å². The molecule has 0 bridgehead atoms. The summed E-state index contributed by atoms with van der Waals surface area (Å²) in [6, 6.07) is 15.2. The van der Waals surface area contributed by atoms with Crippen LogP contribution in [0, 0.1) is 5.41 Å². The largest absolute Gasteiger partial charge is 0.490 e. The summed E-state index contributed by atoms with van der Waals surface area (Å²) in [4.78, 5) is 26.4. The highest BCUT2D eigenvalue weighted by Gasteiger charge is 2.36. The second-order valence-electron chi connectivity index (χ2n) is 7.69. The summed E-state index contributed by atoms with van der Waals surface area (Å²) in [5.41, 5.74) is 1.92. The van der Waals surface area contributed by atoms with E-state index in [1.807, 2.05) is 32.0 Å². The summed E-state index contributed by atoms with van der Waals surface area (Å²) in [6.07, 6.45) is 1.78. The van der Waals surface area contributed by atoms with Crippen molar-refractivity contribution in [2.75, 3.05) is 30.4 Å². The zero-order valence-corrected chi connectivity index (χ0v) is 16.6. The molecular formula is C22H27N3O3. The Morgan fingerprint density at radius 2 is 1.93 bits per heavy atom. The molecule has 0 unspecified atom stereocenters. The zero-order chi connectivity index (χ0) is 20.1. The molecule has 1 aliphatic heterocycles. The highest BCUT2D eigenvalue weighted by molar-refractivity contribution is 6.00. The summed E-state index contributed by atoms with van der Waals surface area (Å²) in [5, 5.41) is 5.69. The summed E-state index contributed by atoms with van der Waals surface area (Å²) in [6.45, 7) is 4.62. The summed E-state index contributed by atoms with van der Waals surface area (Å²) in [7, 11) is 1.73. The number of rotatable bonds is 5. The first kappa shape index (κ1) is 19.7. The molecule has 0 saturated heterocycles. The fourth-order valence-corrected chi connectivity index (χ4v) is 3.18. The molecule has 1 aliphatic rings. The second kappa shape index (κ2) is 8.33. The Kier molecular flexibility index (Phi) is 5.87. The predicted molar refractivity (Wildman–Crippen MR) is 111 cm³/mol. The van der Waals surface area contributed by atoms with Crippen LogP contribution in [0.3, 0.4) is 0 Å². The fraction of sp³-hybridized carbons (Fsp3) is 0.364. The highest BCUT2D eigenvalue weighted by Crippen LogP contribution is 2.37. The fourth-order valence-electron chi connectivity index (χ4n) is 3.18. The standard InChI is InChI=1S/C22H27N3O3/c1-22(2)15-28-19-12-11-17(14-18(19)25(3)20(22)26)24-21(27)23-13-7-10-16-8-5-4-6-9-16/h4-6,8-9,11-12,14H,7,10,13,15H2,1-3H3,(H2,23,24,27). The van der Waals surface area contributed by atoms with Gasteiger partial charge in [-0.2, -0.15) is 0 Å². The number of hydrogen-bond donors (Lipinski definition) is 2. The van der Waals surface area contributed by atoms with E-state index in [2.05, 4.69) is 22.8 Å². The van der Waals surface area contributed by atoms with Gasteiger partial charge in [0, 0.05) is 19.3 Å². The van der Waals surface area contributed by atoms with E-state index in [9.17, 15) is 9.59 Å². The van der Waals surface area contributed by atoms with Crippen LogP contribution in [0.25, 0.3) is 0 Å². The minimum absolute atomic E-state index is 0.0197. The van der Waals surface area contributed by atoms with Crippen LogP contribution in [0.5, 0.6) is 5.75 Å². The molecule has 2 aromatic rings. The van der Waals surface area contributed by atoms with E-state index >= 15 is 0 Å². The van der Waals surface area contributed by atoms with Crippen molar-refractivity contribution in [1.82, 2.24) is 5.32 Å². The smallest absolute Gasteiger partial charge is 0.319 e. The number of benzene rings is 2. The molecule has 0 atom stereocenters. The molecule has 0 aromatic heterocycles. The molecule has 0 aliphatic carbocycles. The average Bonchev–Trinajstić information content (AvgIpc) is 2.77. The van der Waals surface area contributed by atoms with Gasteiger partial charge in [-0.3, -0.25) is 4.79 Å². The molecule has 0 radical (unpaired) electrons. The zero-order valence-electron chi connectivity index (χ0n) is 16.6. The van der Waals surface area contributed by atoms with Gasteiger partial charge >= 0.3 is 6.03 Å². The maximum absolute atomic E-state index is 12.6. The number of amides is 3. The normalized spacial score (nSPS) is 15.2. The second-order valence-corrected chi connectivity index (χ2v) is 7.69. The van der Waals surface area contributed by atoms with E-state index in [0.717, 1.165) is 12.8 Å². The molecule has 1 heterocycles. The SMILES string of the molecule is CN1C(=O)C(C)(C)COc2ccc(NC(=O)NCCCc3ccccc3)cc21. The summed E-state index contributed by atoms with van der Waals surface area (Å²) < 4.78 is 5.80. The number of carbonyl (C=O) groups is 2. The molecule has 2 aromatic carbocycles. The van der Waals surface area contributed by atoms with Crippen molar-refractivity contribution in [2.24, 2.45) is 5.41 Å². The van der Waals surface area contributed by atoms with Gasteiger partial charge in [-0.05, 0) is 50.5 Å². The van der Waals surface area contributed by atoms with Crippen molar-refractivity contribution < 1.29 is 14.3 Å². The van der Waals surface area contributed by atoms with Crippen LogP contribution in [0.2, 0.25) is 0 Å². The number of ether oxygens (including phenoxy) is 1. The van der Waals surface area contributed by atoms with Gasteiger partial charge in [-0.15, -0.1) is 0 Å². The first-order chi connectivity index (χ1) is 13.4. The topological polar surface area (TPSA) is 70.7 Å². The molecule has 0 fully saturated rings. The quantitative estimate of drug-likeness (QED) is 0.774. The van der Waals surface area contributed by atoms with E-state index in [1.165, 1.54) is 5.56 Å². The van der Waals surface area contributed by atoms with Crippen molar-refractivity contribution >= 4 is 23.3 Å². The van der Waals surface area contributed by atoms with Crippen LogP contribution in [-0.2, 0) is 11.2 Å². The molecule has 2 N–H and O–H groups in total. The van der Waals surface area contributed by atoms with Gasteiger partial charge in [0.2, 0.25) is 5.91 Å². The Balaban J connectivity index is 1.56. The van der Waals surface area contributed by atoms with Crippen molar-refractivity contribution in [3.8, 4) is 5.75 Å². The monoisotopic (exact) mass is 381 g/mol. The molecule has 6 heteroatoms. The van der Waals surface area contributed by atoms with Crippen LogP contribution < -0.4 is 20.3 Å². The minimum atomic E-state index is -0.600. The predicted octanol–water partition coefficient (Wildman–Crippen LogP) is 3.82. The van der Waals surface area contributed by atoms with Gasteiger partial charge in [-0.1, -0.05) is 30.3 Å².